The quantitative estimate of drug-likeness (QED) is 0.864. The molecule has 1 atom stereocenters. The van der Waals surface area contributed by atoms with E-state index in [1.807, 2.05) is 24.3 Å². The molecule has 1 saturated carbocycles. The third-order valence-corrected chi connectivity index (χ3v) is 3.63. The molecule has 0 spiro atoms. The first-order valence-corrected chi connectivity index (χ1v) is 6.60. The van der Waals surface area contributed by atoms with Crippen LogP contribution in [0.4, 0.5) is 0 Å². The molecule has 0 amide bonds. The summed E-state index contributed by atoms with van der Waals surface area (Å²) in [6.45, 7) is 4.09. The molecule has 1 fully saturated rings. The summed E-state index contributed by atoms with van der Waals surface area (Å²) in [6.07, 6.45) is 4.86. The van der Waals surface area contributed by atoms with Gasteiger partial charge in [0.2, 0.25) is 0 Å². The van der Waals surface area contributed by atoms with Gasteiger partial charge in [-0.2, -0.15) is 0 Å². The third-order valence-electron chi connectivity index (χ3n) is 3.63. The Labute approximate surface area is 104 Å². The molecule has 2 nitrogen and oxygen atoms in total. The van der Waals surface area contributed by atoms with E-state index in [2.05, 4.69) is 6.92 Å². The van der Waals surface area contributed by atoms with Gasteiger partial charge < -0.3 is 9.84 Å². The fourth-order valence-corrected chi connectivity index (χ4v) is 2.36. The Bertz CT molecular complexity index is 334. The van der Waals surface area contributed by atoms with Crippen LogP contribution in [0.25, 0.3) is 0 Å². The van der Waals surface area contributed by atoms with Gasteiger partial charge in [0.1, 0.15) is 5.75 Å². The summed E-state index contributed by atoms with van der Waals surface area (Å²) in [5, 5.41) is 9.42. The smallest absolute Gasteiger partial charge is 0.119 e. The van der Waals surface area contributed by atoms with Crippen LogP contribution in [0, 0.1) is 5.92 Å². The normalized spacial score (nSPS) is 26.5. The van der Waals surface area contributed by atoms with Crippen molar-refractivity contribution in [3.05, 3.63) is 29.8 Å². The van der Waals surface area contributed by atoms with Gasteiger partial charge in [-0.05, 0) is 56.2 Å². The minimum absolute atomic E-state index is 0.378. The number of aliphatic hydroxyl groups is 1. The van der Waals surface area contributed by atoms with Crippen LogP contribution in [0.5, 0.6) is 5.75 Å². The maximum Gasteiger partial charge on any atom is 0.119 e. The molecular formula is C15H22O2. The molecule has 1 aliphatic carbocycles. The van der Waals surface area contributed by atoms with Crippen LogP contribution in [-0.4, -0.2) is 11.2 Å². The van der Waals surface area contributed by atoms with Crippen LogP contribution >= 0.6 is 0 Å². The van der Waals surface area contributed by atoms with Crippen molar-refractivity contribution in [2.75, 3.05) is 0 Å². The second kappa shape index (κ2) is 5.54. The largest absolute Gasteiger partial charge is 0.490 e. The monoisotopic (exact) mass is 234 g/mol. The first-order valence-electron chi connectivity index (χ1n) is 6.60. The number of hydrogen-bond donors (Lipinski definition) is 1. The van der Waals surface area contributed by atoms with E-state index < -0.39 is 6.10 Å². The molecule has 1 aromatic rings. The Morgan fingerprint density at radius 3 is 2.24 bits per heavy atom. The Kier molecular flexibility index (Phi) is 4.06. The highest BCUT2D eigenvalue weighted by Crippen LogP contribution is 2.27. The van der Waals surface area contributed by atoms with E-state index >= 15 is 0 Å². The summed E-state index contributed by atoms with van der Waals surface area (Å²) in [5.74, 6) is 1.78. The maximum absolute atomic E-state index is 9.42. The third kappa shape index (κ3) is 3.47. The van der Waals surface area contributed by atoms with E-state index in [-0.39, 0.29) is 0 Å². The highest BCUT2D eigenvalue weighted by Gasteiger charge is 2.19. The van der Waals surface area contributed by atoms with Crippen molar-refractivity contribution < 1.29 is 9.84 Å². The molecule has 2 rings (SSSR count). The summed E-state index contributed by atoms with van der Waals surface area (Å²) in [6, 6.07) is 7.79. The molecule has 0 unspecified atom stereocenters. The van der Waals surface area contributed by atoms with Gasteiger partial charge in [0, 0.05) is 0 Å². The number of benzene rings is 1. The van der Waals surface area contributed by atoms with Gasteiger partial charge in [-0.1, -0.05) is 19.1 Å². The van der Waals surface area contributed by atoms with E-state index in [9.17, 15) is 5.11 Å². The summed E-state index contributed by atoms with van der Waals surface area (Å²) in [7, 11) is 0. The van der Waals surface area contributed by atoms with Crippen LogP contribution < -0.4 is 4.74 Å². The number of ether oxygens (including phenoxy) is 1. The van der Waals surface area contributed by atoms with E-state index in [0.29, 0.717) is 6.10 Å². The second-order valence-electron chi connectivity index (χ2n) is 5.24. The summed E-state index contributed by atoms with van der Waals surface area (Å²) < 4.78 is 5.96. The summed E-state index contributed by atoms with van der Waals surface area (Å²) in [4.78, 5) is 0. The van der Waals surface area contributed by atoms with Crippen molar-refractivity contribution in [3.8, 4) is 5.75 Å². The van der Waals surface area contributed by atoms with Crippen LogP contribution in [0.3, 0.4) is 0 Å². The average molecular weight is 234 g/mol. The second-order valence-corrected chi connectivity index (χ2v) is 5.24. The van der Waals surface area contributed by atoms with Gasteiger partial charge in [0.15, 0.2) is 0 Å². The minimum Gasteiger partial charge on any atom is -0.490 e. The zero-order valence-electron chi connectivity index (χ0n) is 10.7. The highest BCUT2D eigenvalue weighted by atomic mass is 16.5. The molecule has 0 aliphatic heterocycles. The lowest BCUT2D eigenvalue weighted by atomic mass is 9.89. The Hall–Kier alpha value is -1.02. The first kappa shape index (κ1) is 12.4. The van der Waals surface area contributed by atoms with E-state index in [1.54, 1.807) is 6.92 Å². The van der Waals surface area contributed by atoms with Crippen LogP contribution in [0.15, 0.2) is 24.3 Å². The predicted octanol–water partition coefficient (Wildman–Crippen LogP) is 3.70. The van der Waals surface area contributed by atoms with Crippen LogP contribution in [-0.2, 0) is 0 Å². The summed E-state index contributed by atoms with van der Waals surface area (Å²) in [5.41, 5.74) is 0.939. The van der Waals surface area contributed by atoms with Crippen LogP contribution in [0.2, 0.25) is 0 Å². The Balaban J connectivity index is 1.90. The lowest BCUT2D eigenvalue weighted by Gasteiger charge is -2.26. The fraction of sp³-hybridized carbons (Fsp3) is 0.600. The standard InChI is InChI=1S/C15H22O2/c1-11-3-7-14(8-4-11)17-15-9-5-13(6-10-15)12(2)16/h5-6,9-12,14,16H,3-4,7-8H2,1-2H3/t11?,12-,14?/m1/s1. The van der Waals surface area contributed by atoms with Gasteiger partial charge in [-0.25, -0.2) is 0 Å². The highest BCUT2D eigenvalue weighted by molar-refractivity contribution is 5.28. The van der Waals surface area contributed by atoms with Crippen molar-refractivity contribution in [2.24, 2.45) is 5.92 Å². The molecule has 0 saturated heterocycles. The minimum atomic E-state index is -0.403. The van der Waals surface area contributed by atoms with E-state index in [4.69, 9.17) is 4.74 Å². The van der Waals surface area contributed by atoms with Gasteiger partial charge in [-0.15, -0.1) is 0 Å². The van der Waals surface area contributed by atoms with Crippen molar-refractivity contribution >= 4 is 0 Å². The molecule has 2 heteroatoms. The fourth-order valence-electron chi connectivity index (χ4n) is 2.36. The zero-order chi connectivity index (χ0) is 12.3. The number of hydrogen-bond acceptors (Lipinski definition) is 2. The molecule has 0 heterocycles. The molecule has 0 bridgehead atoms. The lowest BCUT2D eigenvalue weighted by molar-refractivity contribution is 0.135. The SMILES string of the molecule is CC1CCC(Oc2ccc([C@@H](C)O)cc2)CC1. The van der Waals surface area contributed by atoms with Gasteiger partial charge in [0.25, 0.3) is 0 Å². The van der Waals surface area contributed by atoms with Gasteiger partial charge in [-0.3, -0.25) is 0 Å². The molecule has 0 radical (unpaired) electrons. The van der Waals surface area contributed by atoms with E-state index in [1.165, 1.54) is 25.7 Å². The number of rotatable bonds is 3. The topological polar surface area (TPSA) is 29.5 Å². The molecule has 1 aromatic carbocycles. The molecule has 94 valence electrons. The van der Waals surface area contributed by atoms with Crippen molar-refractivity contribution in [1.29, 1.82) is 0 Å². The molecule has 1 N–H and O–H groups in total. The molecule has 17 heavy (non-hydrogen) atoms. The molecular weight excluding hydrogens is 212 g/mol. The predicted molar refractivity (Wildman–Crippen MR) is 69.1 cm³/mol. The van der Waals surface area contributed by atoms with Crippen molar-refractivity contribution in [3.63, 3.8) is 0 Å². The van der Waals surface area contributed by atoms with Crippen molar-refractivity contribution in [2.45, 2.75) is 51.7 Å². The average Bonchev–Trinajstić information content (AvgIpc) is 2.33. The van der Waals surface area contributed by atoms with Crippen molar-refractivity contribution in [1.82, 2.24) is 0 Å². The Morgan fingerprint density at radius 2 is 1.71 bits per heavy atom. The Morgan fingerprint density at radius 1 is 1.12 bits per heavy atom. The summed E-state index contributed by atoms with van der Waals surface area (Å²) >= 11 is 0. The molecule has 0 aromatic heterocycles. The zero-order valence-corrected chi connectivity index (χ0v) is 10.7. The maximum atomic E-state index is 9.42. The molecule has 1 aliphatic rings. The van der Waals surface area contributed by atoms with Crippen LogP contribution in [0.1, 0.15) is 51.2 Å². The van der Waals surface area contributed by atoms with Gasteiger partial charge in [0.05, 0.1) is 12.2 Å². The lowest BCUT2D eigenvalue weighted by Crippen LogP contribution is -2.22. The van der Waals surface area contributed by atoms with E-state index in [0.717, 1.165) is 17.2 Å². The first-order chi connectivity index (χ1) is 8.15. The number of aliphatic hydroxyl groups excluding tert-OH is 1. The van der Waals surface area contributed by atoms with Gasteiger partial charge >= 0.3 is 0 Å².